The Balaban J connectivity index is 2.15. The normalized spacial score (nSPS) is 10.1. The van der Waals surface area contributed by atoms with E-state index in [4.69, 9.17) is 21.1 Å². The van der Waals surface area contributed by atoms with E-state index in [1.165, 1.54) is 19.2 Å². The zero-order valence-corrected chi connectivity index (χ0v) is 13.3. The molecule has 0 heterocycles. The van der Waals surface area contributed by atoms with Crippen molar-refractivity contribution in [2.75, 3.05) is 13.7 Å². The van der Waals surface area contributed by atoms with E-state index in [9.17, 15) is 19.7 Å². The van der Waals surface area contributed by atoms with Crippen molar-refractivity contribution in [1.82, 2.24) is 0 Å². The quantitative estimate of drug-likeness (QED) is 0.343. The van der Waals surface area contributed by atoms with E-state index < -0.39 is 29.0 Å². The van der Waals surface area contributed by atoms with E-state index in [1.54, 1.807) is 18.2 Å². The Kier molecular flexibility index (Phi) is 5.49. The number of carbonyl (C=O) groups excluding carboxylic acids is 2. The van der Waals surface area contributed by atoms with Crippen LogP contribution >= 0.6 is 11.6 Å². The van der Waals surface area contributed by atoms with Crippen LogP contribution in [0, 0.1) is 10.1 Å². The second-order valence-electron chi connectivity index (χ2n) is 4.62. The highest BCUT2D eigenvalue weighted by molar-refractivity contribution is 6.31. The van der Waals surface area contributed by atoms with Gasteiger partial charge in [-0.25, -0.2) is 4.79 Å². The average Bonchev–Trinajstić information content (AvgIpc) is 2.58. The molecule has 0 saturated heterocycles. The van der Waals surface area contributed by atoms with Gasteiger partial charge in [-0.05, 0) is 24.3 Å². The van der Waals surface area contributed by atoms with Crippen molar-refractivity contribution >= 4 is 29.0 Å². The number of hydrogen-bond donors (Lipinski definition) is 0. The van der Waals surface area contributed by atoms with Crippen LogP contribution < -0.4 is 4.74 Å². The number of esters is 1. The first-order valence-electron chi connectivity index (χ1n) is 6.71. The van der Waals surface area contributed by atoms with Gasteiger partial charge in [0.05, 0.1) is 17.6 Å². The lowest BCUT2D eigenvalue weighted by Crippen LogP contribution is -2.16. The molecule has 0 radical (unpaired) electrons. The molecule has 0 aliphatic heterocycles. The molecule has 0 bridgehead atoms. The molecule has 0 aliphatic carbocycles. The Morgan fingerprint density at radius 1 is 1.17 bits per heavy atom. The number of hydrogen-bond acceptors (Lipinski definition) is 6. The summed E-state index contributed by atoms with van der Waals surface area (Å²) in [6.45, 7) is -0.580. The Labute approximate surface area is 141 Å². The molecule has 0 amide bonds. The number of para-hydroxylation sites is 1. The number of nitrogens with zero attached hydrogens (tertiary/aromatic N) is 1. The number of nitro benzene ring substituents is 1. The van der Waals surface area contributed by atoms with Crippen molar-refractivity contribution in [1.29, 1.82) is 0 Å². The van der Waals surface area contributed by atoms with Crippen molar-refractivity contribution in [2.45, 2.75) is 0 Å². The first kappa shape index (κ1) is 17.4. The van der Waals surface area contributed by atoms with Gasteiger partial charge in [-0.15, -0.1) is 0 Å². The molecule has 0 aromatic heterocycles. The van der Waals surface area contributed by atoms with Crippen LogP contribution in [-0.4, -0.2) is 30.4 Å². The number of ketones is 1. The first-order chi connectivity index (χ1) is 11.4. The summed E-state index contributed by atoms with van der Waals surface area (Å²) in [5.74, 6) is -1.16. The van der Waals surface area contributed by atoms with Gasteiger partial charge < -0.3 is 9.47 Å². The average molecular weight is 350 g/mol. The molecule has 0 aliphatic rings. The summed E-state index contributed by atoms with van der Waals surface area (Å²) in [6.07, 6.45) is 0. The van der Waals surface area contributed by atoms with E-state index >= 15 is 0 Å². The molecule has 7 nitrogen and oxygen atoms in total. The third-order valence-electron chi connectivity index (χ3n) is 3.12. The Hall–Kier alpha value is -2.93. The van der Waals surface area contributed by atoms with Crippen LogP contribution in [0.15, 0.2) is 42.5 Å². The summed E-state index contributed by atoms with van der Waals surface area (Å²) >= 11 is 5.75. The molecule has 0 fully saturated rings. The van der Waals surface area contributed by atoms with Gasteiger partial charge in [0.25, 0.3) is 5.69 Å². The minimum absolute atomic E-state index is 0.142. The summed E-state index contributed by atoms with van der Waals surface area (Å²) in [5.41, 5.74) is -0.525. The maximum Gasteiger partial charge on any atom is 0.345 e. The van der Waals surface area contributed by atoms with Gasteiger partial charge in [-0.2, -0.15) is 0 Å². The molecular weight excluding hydrogens is 338 g/mol. The van der Waals surface area contributed by atoms with Crippen molar-refractivity contribution in [3.8, 4) is 5.75 Å². The van der Waals surface area contributed by atoms with Gasteiger partial charge in [0.15, 0.2) is 6.61 Å². The number of methoxy groups -OCH3 is 1. The number of rotatable bonds is 6. The van der Waals surface area contributed by atoms with Crippen LogP contribution in [0.25, 0.3) is 0 Å². The van der Waals surface area contributed by atoms with Crippen LogP contribution in [0.3, 0.4) is 0 Å². The number of benzene rings is 2. The minimum Gasteiger partial charge on any atom is -0.496 e. The molecule has 0 unspecified atom stereocenters. The molecule has 0 spiro atoms. The third kappa shape index (κ3) is 3.88. The van der Waals surface area contributed by atoms with E-state index in [2.05, 4.69) is 0 Å². The van der Waals surface area contributed by atoms with Crippen LogP contribution in [-0.2, 0) is 4.74 Å². The predicted molar refractivity (Wildman–Crippen MR) is 85.7 cm³/mol. The lowest BCUT2D eigenvalue weighted by atomic mass is 10.1. The van der Waals surface area contributed by atoms with E-state index in [0.29, 0.717) is 5.75 Å². The SMILES string of the molecule is COc1ccccc1C(=O)COC(=O)c1cc(Cl)ccc1[N+](=O)[O-]. The molecule has 8 heteroatoms. The zero-order chi connectivity index (χ0) is 17.7. The number of Topliss-reactive ketones (excluding diaryl/α,β-unsaturated/α-hetero) is 1. The van der Waals surface area contributed by atoms with Crippen molar-refractivity contribution in [3.63, 3.8) is 0 Å². The highest BCUT2D eigenvalue weighted by atomic mass is 35.5. The summed E-state index contributed by atoms with van der Waals surface area (Å²) in [6, 6.07) is 9.96. The molecule has 24 heavy (non-hydrogen) atoms. The number of carbonyl (C=O) groups is 2. The lowest BCUT2D eigenvalue weighted by molar-refractivity contribution is -0.385. The number of nitro groups is 1. The van der Waals surface area contributed by atoms with Crippen LogP contribution in [0.5, 0.6) is 5.75 Å². The summed E-state index contributed by atoms with van der Waals surface area (Å²) in [7, 11) is 1.41. The monoisotopic (exact) mass is 349 g/mol. The fourth-order valence-corrected chi connectivity index (χ4v) is 2.16. The number of ether oxygens (including phenoxy) is 2. The Morgan fingerprint density at radius 3 is 2.54 bits per heavy atom. The summed E-state index contributed by atoms with van der Waals surface area (Å²) in [4.78, 5) is 34.4. The third-order valence-corrected chi connectivity index (χ3v) is 3.35. The second-order valence-corrected chi connectivity index (χ2v) is 5.05. The zero-order valence-electron chi connectivity index (χ0n) is 12.5. The molecule has 2 rings (SSSR count). The summed E-state index contributed by atoms with van der Waals surface area (Å²) < 4.78 is 9.94. The van der Waals surface area contributed by atoms with Crippen molar-refractivity contribution < 1.29 is 24.0 Å². The maximum absolute atomic E-state index is 12.1. The lowest BCUT2D eigenvalue weighted by Gasteiger charge is -2.08. The number of halogens is 1. The molecule has 124 valence electrons. The smallest absolute Gasteiger partial charge is 0.345 e. The van der Waals surface area contributed by atoms with E-state index in [1.807, 2.05) is 0 Å². The fraction of sp³-hybridized carbons (Fsp3) is 0.125. The van der Waals surface area contributed by atoms with Crippen LogP contribution in [0.2, 0.25) is 5.02 Å². The Morgan fingerprint density at radius 2 is 1.88 bits per heavy atom. The fourth-order valence-electron chi connectivity index (χ4n) is 1.99. The van der Waals surface area contributed by atoms with Gasteiger partial charge in [-0.1, -0.05) is 23.7 Å². The highest BCUT2D eigenvalue weighted by Crippen LogP contribution is 2.24. The predicted octanol–water partition coefficient (Wildman–Crippen LogP) is 3.30. The Bertz CT molecular complexity index is 805. The van der Waals surface area contributed by atoms with Gasteiger partial charge in [0.1, 0.15) is 11.3 Å². The molecule has 2 aromatic rings. The molecule has 2 aromatic carbocycles. The topological polar surface area (TPSA) is 95.7 Å². The van der Waals surface area contributed by atoms with Crippen molar-refractivity contribution in [3.05, 3.63) is 68.7 Å². The maximum atomic E-state index is 12.1. The van der Waals surface area contributed by atoms with E-state index in [-0.39, 0.29) is 16.1 Å². The second kappa shape index (κ2) is 7.56. The molecular formula is C16H12ClNO6. The first-order valence-corrected chi connectivity index (χ1v) is 7.09. The largest absolute Gasteiger partial charge is 0.496 e. The van der Waals surface area contributed by atoms with Gasteiger partial charge in [0.2, 0.25) is 5.78 Å². The highest BCUT2D eigenvalue weighted by Gasteiger charge is 2.23. The van der Waals surface area contributed by atoms with E-state index in [0.717, 1.165) is 12.1 Å². The van der Waals surface area contributed by atoms with Crippen LogP contribution in [0.1, 0.15) is 20.7 Å². The molecule has 0 saturated carbocycles. The molecule has 0 atom stereocenters. The molecule has 0 N–H and O–H groups in total. The standard InChI is InChI=1S/C16H12ClNO6/c1-23-15-5-3-2-4-11(15)14(19)9-24-16(20)12-8-10(17)6-7-13(12)18(21)22/h2-8H,9H2,1H3. The van der Waals surface area contributed by atoms with Crippen LogP contribution in [0.4, 0.5) is 5.69 Å². The van der Waals surface area contributed by atoms with Crippen molar-refractivity contribution in [2.24, 2.45) is 0 Å². The van der Waals surface area contributed by atoms with Gasteiger partial charge in [-0.3, -0.25) is 14.9 Å². The minimum atomic E-state index is -1.01. The van der Waals surface area contributed by atoms with Gasteiger partial charge >= 0.3 is 5.97 Å². The van der Waals surface area contributed by atoms with Gasteiger partial charge in [0, 0.05) is 11.1 Å². The summed E-state index contributed by atoms with van der Waals surface area (Å²) in [5, 5.41) is 11.1.